The van der Waals surface area contributed by atoms with E-state index in [1.165, 1.54) is 12.3 Å². The molecule has 3 N–H and O–H groups in total. The summed E-state index contributed by atoms with van der Waals surface area (Å²) in [7, 11) is 0. The number of nitrogens with zero attached hydrogens (tertiary/aromatic N) is 2. The van der Waals surface area contributed by atoms with E-state index >= 15 is 0 Å². The molecule has 0 unspecified atom stereocenters. The number of aromatic carboxylic acids is 1. The molecule has 0 spiro atoms. The first-order valence-corrected chi connectivity index (χ1v) is 10.4. The van der Waals surface area contributed by atoms with Crippen LogP contribution in [0.25, 0.3) is 11.1 Å². The minimum Gasteiger partial charge on any atom is -0.488 e. The monoisotopic (exact) mass is 491 g/mol. The molecule has 182 valence electrons. The zero-order valence-electron chi connectivity index (χ0n) is 18.0. The highest BCUT2D eigenvalue weighted by atomic mass is 19.4. The zero-order valence-corrected chi connectivity index (χ0v) is 18.0. The Bertz CT molecular complexity index is 1340. The fourth-order valence-electron chi connectivity index (χ4n) is 3.89. The van der Waals surface area contributed by atoms with Gasteiger partial charge in [-0.2, -0.15) is 13.2 Å². The van der Waals surface area contributed by atoms with Gasteiger partial charge < -0.3 is 15.6 Å². The maximum absolute atomic E-state index is 14.0. The van der Waals surface area contributed by atoms with Crippen LogP contribution in [-0.2, 0) is 12.8 Å². The summed E-state index contributed by atoms with van der Waals surface area (Å²) >= 11 is 0. The van der Waals surface area contributed by atoms with Crippen LogP contribution in [0, 0.1) is 11.6 Å². The Morgan fingerprint density at radius 2 is 1.83 bits per heavy atom. The molecule has 0 saturated heterocycles. The number of anilines is 1. The van der Waals surface area contributed by atoms with Gasteiger partial charge in [0.05, 0.1) is 17.5 Å². The van der Waals surface area contributed by atoms with Gasteiger partial charge in [-0.25, -0.2) is 23.5 Å². The smallest absolute Gasteiger partial charge is 0.416 e. The van der Waals surface area contributed by atoms with Crippen LogP contribution in [0.1, 0.15) is 52.1 Å². The molecule has 4 rings (SSSR count). The first-order chi connectivity index (χ1) is 16.5. The number of benzene rings is 2. The molecule has 1 aromatic heterocycles. The predicted octanol–water partition coefficient (Wildman–Crippen LogP) is 5.73. The molecule has 1 aliphatic rings. The van der Waals surface area contributed by atoms with E-state index in [1.54, 1.807) is 0 Å². The predicted molar refractivity (Wildman–Crippen MR) is 116 cm³/mol. The van der Waals surface area contributed by atoms with Crippen LogP contribution in [-0.4, -0.2) is 21.0 Å². The van der Waals surface area contributed by atoms with Gasteiger partial charge in [-0.05, 0) is 60.7 Å². The molecule has 6 nitrogen and oxygen atoms in total. The van der Waals surface area contributed by atoms with Crippen molar-refractivity contribution >= 4 is 22.9 Å². The number of ether oxygens (including phenoxy) is 1. The Balaban J connectivity index is 1.80. The van der Waals surface area contributed by atoms with E-state index in [4.69, 9.17) is 10.5 Å². The molecule has 0 radical (unpaired) electrons. The number of aromatic nitrogens is 2. The van der Waals surface area contributed by atoms with Crippen molar-refractivity contribution in [2.24, 2.45) is 0 Å². The van der Waals surface area contributed by atoms with E-state index in [0.717, 1.165) is 24.3 Å². The zero-order chi connectivity index (χ0) is 25.3. The van der Waals surface area contributed by atoms with Crippen LogP contribution in [0.3, 0.4) is 0 Å². The Hall–Kier alpha value is -4.02. The third-order valence-electron chi connectivity index (χ3n) is 5.56. The van der Waals surface area contributed by atoms with E-state index in [0.29, 0.717) is 36.5 Å². The summed E-state index contributed by atoms with van der Waals surface area (Å²) in [6.45, 7) is -0.349. The molecule has 0 bridgehead atoms. The van der Waals surface area contributed by atoms with Crippen LogP contribution in [0.2, 0.25) is 0 Å². The molecule has 3 aromatic rings. The molecule has 0 fully saturated rings. The second-order valence-corrected chi connectivity index (χ2v) is 7.84. The Labute approximate surface area is 195 Å². The average molecular weight is 491 g/mol. The number of halogens is 5. The average Bonchev–Trinajstić information content (AvgIpc) is 3.27. The summed E-state index contributed by atoms with van der Waals surface area (Å²) in [5.41, 5.74) is 5.49. The first kappa shape index (κ1) is 24.1. The molecule has 0 aliphatic heterocycles. The summed E-state index contributed by atoms with van der Waals surface area (Å²) in [6.07, 6.45) is -2.01. The van der Waals surface area contributed by atoms with Crippen molar-refractivity contribution in [2.75, 3.05) is 5.73 Å². The van der Waals surface area contributed by atoms with E-state index < -0.39 is 35.0 Å². The molecule has 1 aliphatic carbocycles. The number of hydrogen-bond donors (Lipinski definition) is 2. The lowest BCUT2D eigenvalue weighted by molar-refractivity contribution is -0.137. The quantitative estimate of drug-likeness (QED) is 0.428. The Morgan fingerprint density at radius 3 is 2.51 bits per heavy atom. The van der Waals surface area contributed by atoms with Crippen molar-refractivity contribution in [1.29, 1.82) is 0 Å². The van der Waals surface area contributed by atoms with Crippen LogP contribution in [0.5, 0.6) is 5.75 Å². The van der Waals surface area contributed by atoms with Crippen molar-refractivity contribution in [3.63, 3.8) is 0 Å². The molecule has 0 atom stereocenters. The summed E-state index contributed by atoms with van der Waals surface area (Å²) in [5.74, 6) is -3.24. The molecule has 0 amide bonds. The normalized spacial score (nSPS) is 13.9. The number of nitrogens with two attached hydrogens (primary N) is 1. The number of carboxylic acids is 1. The Kier molecular flexibility index (Phi) is 6.42. The van der Waals surface area contributed by atoms with Crippen molar-refractivity contribution < 1.29 is 36.6 Å². The lowest BCUT2D eigenvalue weighted by Gasteiger charge is -2.17. The topological polar surface area (TPSA) is 98.3 Å². The number of allylic oxidation sites excluding steroid dienone is 2. The number of alkyl halides is 3. The number of rotatable bonds is 6. The van der Waals surface area contributed by atoms with Crippen molar-refractivity contribution in [1.82, 2.24) is 9.97 Å². The number of carboxylic acid groups (broad SMARTS) is 1. The van der Waals surface area contributed by atoms with Gasteiger partial charge in [-0.15, -0.1) is 0 Å². The van der Waals surface area contributed by atoms with Gasteiger partial charge in [0, 0.05) is 17.2 Å². The van der Waals surface area contributed by atoms with Gasteiger partial charge in [0.1, 0.15) is 24.0 Å². The van der Waals surface area contributed by atoms with E-state index in [2.05, 4.69) is 9.97 Å². The maximum Gasteiger partial charge on any atom is 0.416 e. The fourth-order valence-corrected chi connectivity index (χ4v) is 3.89. The SMILES string of the molecule is Nc1ncc(C2=C(c3cc(C(F)(F)F)ccc3OCc3ccc(F)cc3F)CCC2)nc1C(=O)O. The van der Waals surface area contributed by atoms with E-state index in [1.807, 2.05) is 0 Å². The summed E-state index contributed by atoms with van der Waals surface area (Å²) < 4.78 is 73.4. The highest BCUT2D eigenvalue weighted by Gasteiger charge is 2.32. The minimum absolute atomic E-state index is 0.0216. The second-order valence-electron chi connectivity index (χ2n) is 7.84. The maximum atomic E-state index is 14.0. The van der Waals surface area contributed by atoms with Gasteiger partial charge in [0.2, 0.25) is 0 Å². The third-order valence-corrected chi connectivity index (χ3v) is 5.56. The molecule has 1 heterocycles. The van der Waals surface area contributed by atoms with Crippen LogP contribution >= 0.6 is 0 Å². The van der Waals surface area contributed by atoms with Crippen molar-refractivity contribution in [3.05, 3.63) is 82.3 Å². The first-order valence-electron chi connectivity index (χ1n) is 10.4. The van der Waals surface area contributed by atoms with Crippen LogP contribution < -0.4 is 10.5 Å². The third kappa shape index (κ3) is 5.08. The largest absolute Gasteiger partial charge is 0.488 e. The fraction of sp³-hybridized carbons (Fsp3) is 0.208. The molecular weight excluding hydrogens is 473 g/mol. The van der Waals surface area contributed by atoms with Gasteiger partial charge in [-0.3, -0.25) is 0 Å². The van der Waals surface area contributed by atoms with Crippen molar-refractivity contribution in [2.45, 2.75) is 32.0 Å². The summed E-state index contributed by atoms with van der Waals surface area (Å²) in [6, 6.07) is 5.84. The van der Waals surface area contributed by atoms with Gasteiger partial charge in [0.25, 0.3) is 0 Å². The molecule has 2 aromatic carbocycles. The van der Waals surface area contributed by atoms with Gasteiger partial charge >= 0.3 is 12.1 Å². The molecule has 35 heavy (non-hydrogen) atoms. The highest BCUT2D eigenvalue weighted by molar-refractivity contribution is 5.95. The van der Waals surface area contributed by atoms with Crippen LogP contribution in [0.4, 0.5) is 27.8 Å². The van der Waals surface area contributed by atoms with E-state index in [9.17, 15) is 31.9 Å². The van der Waals surface area contributed by atoms with Crippen molar-refractivity contribution in [3.8, 4) is 5.75 Å². The van der Waals surface area contributed by atoms with Gasteiger partial charge in [0.15, 0.2) is 11.5 Å². The Morgan fingerprint density at radius 1 is 1.09 bits per heavy atom. The lowest BCUT2D eigenvalue weighted by atomic mass is 9.97. The van der Waals surface area contributed by atoms with Crippen LogP contribution in [0.15, 0.2) is 42.6 Å². The molecular formula is C24H18F5N3O3. The number of carbonyl (C=O) groups is 1. The molecule has 0 saturated carbocycles. The summed E-state index contributed by atoms with van der Waals surface area (Å²) in [5, 5.41) is 9.31. The summed E-state index contributed by atoms with van der Waals surface area (Å²) in [4.78, 5) is 19.3. The lowest BCUT2D eigenvalue weighted by Crippen LogP contribution is -2.10. The van der Waals surface area contributed by atoms with E-state index in [-0.39, 0.29) is 35.0 Å². The number of hydrogen-bond acceptors (Lipinski definition) is 5. The van der Waals surface area contributed by atoms with Gasteiger partial charge in [-0.1, -0.05) is 0 Å². The minimum atomic E-state index is -4.63. The number of nitrogen functional groups attached to an aromatic ring is 1. The standard InChI is InChI=1S/C24H18F5N3O3/c25-14-6-4-12(18(26)9-14)11-35-20-7-5-13(24(27,28)29)8-17(20)15-2-1-3-16(15)19-10-31-22(30)21(32-19)23(33)34/h4-10H,1-3,11H2,(H2,30,31)(H,33,34). The second kappa shape index (κ2) is 9.32. The molecule has 11 heteroatoms. The highest BCUT2D eigenvalue weighted by Crippen LogP contribution is 2.44.